The minimum atomic E-state index is -0.626. The molecule has 1 aliphatic rings. The molecule has 1 aliphatic heterocycles. The van der Waals surface area contributed by atoms with Gasteiger partial charge in [0.15, 0.2) is 11.5 Å². The van der Waals surface area contributed by atoms with Gasteiger partial charge in [-0.05, 0) is 50.1 Å². The maximum Gasteiger partial charge on any atom is 0.379 e. The lowest BCUT2D eigenvalue weighted by Crippen LogP contribution is -2.21. The molecule has 0 amide bonds. The van der Waals surface area contributed by atoms with Gasteiger partial charge in [0.05, 0.1) is 20.1 Å². The summed E-state index contributed by atoms with van der Waals surface area (Å²) in [6.45, 7) is 5.79. The van der Waals surface area contributed by atoms with Crippen molar-refractivity contribution >= 4 is 16.9 Å². The van der Waals surface area contributed by atoms with Crippen LogP contribution in [0.2, 0.25) is 0 Å². The molecule has 0 spiro atoms. The van der Waals surface area contributed by atoms with E-state index in [2.05, 4.69) is 6.07 Å². The number of nitrogens with zero attached hydrogens (tertiary/aromatic N) is 1. The largest absolute Gasteiger partial charge is 0.493 e. The Balaban J connectivity index is 1.53. The Hall–Kier alpha value is -4.90. The highest BCUT2D eigenvalue weighted by Crippen LogP contribution is 2.48. The summed E-state index contributed by atoms with van der Waals surface area (Å²) in [5.41, 5.74) is 11.2. The summed E-state index contributed by atoms with van der Waals surface area (Å²) in [6.07, 6.45) is 0. The van der Waals surface area contributed by atoms with E-state index < -0.39 is 11.9 Å². The normalized spacial score (nSPS) is 14.5. The summed E-state index contributed by atoms with van der Waals surface area (Å²) in [7, 11) is 3.08. The molecule has 4 aromatic rings. The average Bonchev–Trinajstić information content (AvgIpc) is 3.23. The van der Waals surface area contributed by atoms with E-state index in [1.807, 2.05) is 45.0 Å². The number of benzene rings is 3. The van der Waals surface area contributed by atoms with Gasteiger partial charge in [-0.2, -0.15) is 5.26 Å². The molecule has 0 bridgehead atoms. The third-order valence-electron chi connectivity index (χ3n) is 6.70. The van der Waals surface area contributed by atoms with Crippen LogP contribution < -0.4 is 24.7 Å². The van der Waals surface area contributed by atoms with Crippen LogP contribution in [0.4, 0.5) is 0 Å². The molecule has 2 heterocycles. The van der Waals surface area contributed by atoms with Crippen LogP contribution in [0, 0.1) is 32.1 Å². The third-order valence-corrected chi connectivity index (χ3v) is 6.70. The molecule has 8 nitrogen and oxygen atoms in total. The van der Waals surface area contributed by atoms with Crippen LogP contribution in [0.3, 0.4) is 0 Å². The molecule has 0 radical (unpaired) electrons. The van der Waals surface area contributed by atoms with E-state index in [0.717, 1.165) is 16.5 Å². The van der Waals surface area contributed by atoms with Crippen LogP contribution in [-0.2, 0) is 0 Å². The standard InChI is InChI=1S/C30H26N2O6/c1-15-11-16(2)25-17(3)27(37-24(25)12-15)30(33)36-18-9-10-19-23(13-18)38-29(32)21(14-31)26(19)20-7-6-8-22(34-4)28(20)35-5/h6-13,26H,32H2,1-5H3. The lowest BCUT2D eigenvalue weighted by Gasteiger charge is -2.28. The number of nitriles is 1. The number of carbonyl (C=O) groups is 1. The lowest BCUT2D eigenvalue weighted by atomic mass is 9.83. The number of rotatable bonds is 5. The van der Waals surface area contributed by atoms with Crippen LogP contribution in [0.5, 0.6) is 23.0 Å². The molecule has 5 rings (SSSR count). The summed E-state index contributed by atoms with van der Waals surface area (Å²) in [5, 5.41) is 10.8. The second-order valence-electron chi connectivity index (χ2n) is 9.11. The van der Waals surface area contributed by atoms with Crippen LogP contribution >= 0.6 is 0 Å². The maximum absolute atomic E-state index is 13.1. The first-order valence-corrected chi connectivity index (χ1v) is 11.9. The van der Waals surface area contributed by atoms with Crippen molar-refractivity contribution in [2.75, 3.05) is 14.2 Å². The molecule has 0 saturated carbocycles. The van der Waals surface area contributed by atoms with E-state index >= 15 is 0 Å². The van der Waals surface area contributed by atoms with Gasteiger partial charge in [0.2, 0.25) is 11.6 Å². The smallest absolute Gasteiger partial charge is 0.379 e. The van der Waals surface area contributed by atoms with E-state index in [1.165, 1.54) is 7.11 Å². The summed E-state index contributed by atoms with van der Waals surface area (Å²) in [4.78, 5) is 13.1. The molecule has 38 heavy (non-hydrogen) atoms. The third kappa shape index (κ3) is 3.98. The van der Waals surface area contributed by atoms with Gasteiger partial charge in [-0.3, -0.25) is 0 Å². The van der Waals surface area contributed by atoms with E-state index in [0.29, 0.717) is 39.5 Å². The van der Waals surface area contributed by atoms with Crippen molar-refractivity contribution in [3.63, 3.8) is 0 Å². The molecule has 1 unspecified atom stereocenters. The number of carbonyl (C=O) groups excluding carboxylic acids is 1. The van der Waals surface area contributed by atoms with Crippen molar-refractivity contribution in [1.29, 1.82) is 5.26 Å². The van der Waals surface area contributed by atoms with Crippen molar-refractivity contribution < 1.29 is 28.2 Å². The number of para-hydroxylation sites is 1. The maximum atomic E-state index is 13.1. The van der Waals surface area contributed by atoms with Crippen LogP contribution in [0.15, 0.2) is 64.4 Å². The Kier molecular flexibility index (Phi) is 6.21. The highest BCUT2D eigenvalue weighted by molar-refractivity contribution is 5.98. The van der Waals surface area contributed by atoms with Gasteiger partial charge >= 0.3 is 5.97 Å². The molecular weight excluding hydrogens is 484 g/mol. The monoisotopic (exact) mass is 510 g/mol. The van der Waals surface area contributed by atoms with Crippen LogP contribution in [-0.4, -0.2) is 20.2 Å². The highest BCUT2D eigenvalue weighted by Gasteiger charge is 2.34. The predicted molar refractivity (Wildman–Crippen MR) is 141 cm³/mol. The number of hydrogen-bond donors (Lipinski definition) is 1. The van der Waals surface area contributed by atoms with Gasteiger partial charge in [0, 0.05) is 28.1 Å². The van der Waals surface area contributed by atoms with Crippen LogP contribution in [0.1, 0.15) is 44.3 Å². The van der Waals surface area contributed by atoms with E-state index in [1.54, 1.807) is 31.4 Å². The topological polar surface area (TPSA) is 117 Å². The Morgan fingerprint density at radius 3 is 2.53 bits per heavy atom. The van der Waals surface area contributed by atoms with Gasteiger partial charge in [0.25, 0.3) is 0 Å². The number of furan rings is 1. The lowest BCUT2D eigenvalue weighted by molar-refractivity contribution is 0.0702. The van der Waals surface area contributed by atoms with E-state index in [4.69, 9.17) is 29.1 Å². The molecule has 0 saturated heterocycles. The fraction of sp³-hybridized carbons (Fsp3) is 0.200. The van der Waals surface area contributed by atoms with E-state index in [9.17, 15) is 10.1 Å². The second kappa shape index (κ2) is 9.52. The number of aryl methyl sites for hydroxylation is 3. The molecule has 0 fully saturated rings. The van der Waals surface area contributed by atoms with Crippen molar-refractivity contribution in [3.8, 4) is 29.1 Å². The molecule has 192 valence electrons. The number of fused-ring (bicyclic) bond motifs is 2. The SMILES string of the molecule is COc1cccc(C2C(C#N)=C(N)Oc3cc(OC(=O)c4oc5cc(C)cc(C)c5c4C)ccc32)c1OC. The molecule has 3 aromatic carbocycles. The summed E-state index contributed by atoms with van der Waals surface area (Å²) in [6, 6.07) is 16.5. The first kappa shape index (κ1) is 24.8. The first-order chi connectivity index (χ1) is 18.3. The zero-order valence-electron chi connectivity index (χ0n) is 21.7. The molecule has 1 aromatic heterocycles. The Morgan fingerprint density at radius 1 is 1.03 bits per heavy atom. The molecular formula is C30H26N2O6. The Labute approximate surface area is 219 Å². The molecule has 2 N–H and O–H groups in total. The zero-order valence-corrected chi connectivity index (χ0v) is 21.7. The minimum Gasteiger partial charge on any atom is -0.493 e. The average molecular weight is 511 g/mol. The molecule has 1 atom stereocenters. The predicted octanol–water partition coefficient (Wildman–Crippen LogP) is 5.81. The number of nitrogens with two attached hydrogens (primary N) is 1. The fourth-order valence-corrected chi connectivity index (χ4v) is 5.10. The highest BCUT2D eigenvalue weighted by atomic mass is 16.5. The summed E-state index contributed by atoms with van der Waals surface area (Å²) < 4.78 is 28.4. The van der Waals surface area contributed by atoms with Gasteiger partial charge < -0.3 is 29.1 Å². The molecule has 0 aliphatic carbocycles. The first-order valence-electron chi connectivity index (χ1n) is 11.9. The number of hydrogen-bond acceptors (Lipinski definition) is 8. The number of ether oxygens (including phenoxy) is 4. The Morgan fingerprint density at radius 2 is 1.82 bits per heavy atom. The van der Waals surface area contributed by atoms with Crippen LogP contribution in [0.25, 0.3) is 11.0 Å². The van der Waals surface area contributed by atoms with Gasteiger partial charge in [0.1, 0.15) is 28.7 Å². The number of esters is 1. The summed E-state index contributed by atoms with van der Waals surface area (Å²) >= 11 is 0. The fourth-order valence-electron chi connectivity index (χ4n) is 5.10. The zero-order chi connectivity index (χ0) is 27.1. The van der Waals surface area contributed by atoms with Crippen molar-refractivity contribution in [2.24, 2.45) is 5.73 Å². The minimum absolute atomic E-state index is 0.0441. The Bertz CT molecular complexity index is 1670. The van der Waals surface area contributed by atoms with Crippen molar-refractivity contribution in [2.45, 2.75) is 26.7 Å². The van der Waals surface area contributed by atoms with Gasteiger partial charge in [-0.25, -0.2) is 4.79 Å². The van der Waals surface area contributed by atoms with Gasteiger partial charge in [-0.15, -0.1) is 0 Å². The number of methoxy groups -OCH3 is 2. The van der Waals surface area contributed by atoms with Crippen molar-refractivity contribution in [3.05, 3.63) is 93.6 Å². The van der Waals surface area contributed by atoms with E-state index in [-0.39, 0.29) is 23.0 Å². The van der Waals surface area contributed by atoms with Gasteiger partial charge in [-0.1, -0.05) is 24.3 Å². The quantitative estimate of drug-likeness (QED) is 0.264. The molecule has 8 heteroatoms. The second-order valence-corrected chi connectivity index (χ2v) is 9.11. The number of allylic oxidation sites excluding steroid dienone is 1. The summed E-state index contributed by atoms with van der Waals surface area (Å²) in [5.74, 6) is 0.484. The van der Waals surface area contributed by atoms with Crippen molar-refractivity contribution in [1.82, 2.24) is 0 Å².